The van der Waals surface area contributed by atoms with E-state index in [1.165, 1.54) is 12.1 Å². The topological polar surface area (TPSA) is 66.4 Å². The van der Waals surface area contributed by atoms with Crippen LogP contribution in [0.3, 0.4) is 0 Å². The average Bonchev–Trinajstić information content (AvgIpc) is 2.32. The molecule has 1 saturated carbocycles. The summed E-state index contributed by atoms with van der Waals surface area (Å²) in [6.07, 6.45) is 1.36. The number of amides is 1. The first-order valence-electron chi connectivity index (χ1n) is 6.04. The van der Waals surface area contributed by atoms with Gasteiger partial charge in [0.1, 0.15) is 0 Å². The Hall–Kier alpha value is -1.33. The summed E-state index contributed by atoms with van der Waals surface area (Å²) < 4.78 is 13.2. The number of aliphatic carboxylic acids is 1. The molecule has 1 aliphatic rings. The lowest BCUT2D eigenvalue weighted by atomic mass is 9.78. The molecule has 2 N–H and O–H groups in total. The minimum Gasteiger partial charge on any atom is -0.481 e. The highest BCUT2D eigenvalue weighted by atomic mass is 35.5. The molecule has 0 aliphatic heterocycles. The molecule has 0 atom stereocenters. The van der Waals surface area contributed by atoms with Crippen LogP contribution >= 0.6 is 23.2 Å². The van der Waals surface area contributed by atoms with Crippen molar-refractivity contribution in [2.24, 2.45) is 5.92 Å². The zero-order valence-electron chi connectivity index (χ0n) is 10.3. The van der Waals surface area contributed by atoms with Gasteiger partial charge in [0.05, 0.1) is 10.0 Å². The van der Waals surface area contributed by atoms with Crippen LogP contribution in [0.15, 0.2) is 12.1 Å². The van der Waals surface area contributed by atoms with Crippen LogP contribution in [0.5, 0.6) is 0 Å². The second kappa shape index (κ2) is 5.97. The number of rotatable bonds is 4. The van der Waals surface area contributed by atoms with Gasteiger partial charge in [-0.15, -0.1) is 0 Å². The van der Waals surface area contributed by atoms with Crippen LogP contribution in [-0.2, 0) is 4.79 Å². The fraction of sp³-hybridized carbons (Fsp3) is 0.385. The van der Waals surface area contributed by atoms with Gasteiger partial charge in [-0.1, -0.05) is 23.2 Å². The van der Waals surface area contributed by atoms with E-state index in [1.54, 1.807) is 0 Å². The van der Waals surface area contributed by atoms with Gasteiger partial charge in [0, 0.05) is 18.0 Å². The molecule has 20 heavy (non-hydrogen) atoms. The van der Waals surface area contributed by atoms with Gasteiger partial charge in [0.25, 0.3) is 5.91 Å². The maximum absolute atomic E-state index is 13.2. The fourth-order valence-electron chi connectivity index (χ4n) is 2.22. The third-order valence-corrected chi connectivity index (χ3v) is 3.83. The molecular weight excluding hydrogens is 308 g/mol. The van der Waals surface area contributed by atoms with Gasteiger partial charge in [-0.25, -0.2) is 4.39 Å². The fourth-order valence-corrected chi connectivity index (χ4v) is 2.71. The molecular formula is C13H12Cl2FNO3. The van der Waals surface area contributed by atoms with E-state index in [0.29, 0.717) is 12.8 Å². The number of carboxylic acids is 1. The molecule has 0 spiro atoms. The van der Waals surface area contributed by atoms with E-state index in [4.69, 9.17) is 28.3 Å². The Labute approximate surface area is 124 Å². The smallest absolute Gasteiger partial charge is 0.303 e. The summed E-state index contributed by atoms with van der Waals surface area (Å²) in [5.74, 6) is -1.89. The predicted molar refractivity (Wildman–Crippen MR) is 72.7 cm³/mol. The van der Waals surface area contributed by atoms with Crippen molar-refractivity contribution in [3.05, 3.63) is 33.6 Å². The summed E-state index contributed by atoms with van der Waals surface area (Å²) in [6.45, 7) is 0. The van der Waals surface area contributed by atoms with Crippen molar-refractivity contribution < 1.29 is 19.1 Å². The maximum atomic E-state index is 13.2. The predicted octanol–water partition coefficient (Wildman–Crippen LogP) is 3.12. The molecule has 0 heterocycles. The Morgan fingerprint density at radius 3 is 2.35 bits per heavy atom. The first-order valence-corrected chi connectivity index (χ1v) is 6.79. The van der Waals surface area contributed by atoms with Crippen LogP contribution < -0.4 is 5.32 Å². The van der Waals surface area contributed by atoms with Crippen molar-refractivity contribution in [2.75, 3.05) is 0 Å². The van der Waals surface area contributed by atoms with Crippen molar-refractivity contribution >= 4 is 35.1 Å². The molecule has 1 amide bonds. The number of carbonyl (C=O) groups is 2. The van der Waals surface area contributed by atoms with Crippen molar-refractivity contribution in [3.8, 4) is 0 Å². The van der Waals surface area contributed by atoms with Crippen LogP contribution in [0, 0.1) is 11.7 Å². The monoisotopic (exact) mass is 319 g/mol. The van der Waals surface area contributed by atoms with E-state index in [-0.39, 0.29) is 34.0 Å². The summed E-state index contributed by atoms with van der Waals surface area (Å²) in [6, 6.07) is 2.37. The van der Waals surface area contributed by atoms with Crippen LogP contribution in [0.1, 0.15) is 29.6 Å². The van der Waals surface area contributed by atoms with Crippen molar-refractivity contribution in [1.82, 2.24) is 5.32 Å². The first-order chi connectivity index (χ1) is 9.36. The summed E-state index contributed by atoms with van der Waals surface area (Å²) in [5, 5.41) is 11.0. The molecule has 108 valence electrons. The summed E-state index contributed by atoms with van der Waals surface area (Å²) in [4.78, 5) is 22.4. The molecule has 0 saturated heterocycles. The van der Waals surface area contributed by atoms with Gasteiger partial charge in [-0.05, 0) is 30.9 Å². The lowest BCUT2D eigenvalue weighted by molar-refractivity contribution is -0.138. The van der Waals surface area contributed by atoms with E-state index in [2.05, 4.69) is 5.32 Å². The minimum absolute atomic E-state index is 0.0607. The van der Waals surface area contributed by atoms with Gasteiger partial charge in [0.2, 0.25) is 0 Å². The van der Waals surface area contributed by atoms with E-state index < -0.39 is 17.7 Å². The highest BCUT2D eigenvalue weighted by molar-refractivity contribution is 6.35. The summed E-state index contributed by atoms with van der Waals surface area (Å²) in [5.41, 5.74) is 0.183. The normalized spacial score (nSPS) is 21.1. The number of halogens is 3. The average molecular weight is 320 g/mol. The molecule has 0 unspecified atom stereocenters. The molecule has 1 fully saturated rings. The molecule has 1 aliphatic carbocycles. The molecule has 0 aromatic heterocycles. The number of hydrogen-bond donors (Lipinski definition) is 2. The van der Waals surface area contributed by atoms with E-state index >= 15 is 0 Å². The minimum atomic E-state index is -0.836. The third-order valence-electron chi connectivity index (χ3n) is 3.28. The van der Waals surface area contributed by atoms with Crippen molar-refractivity contribution in [1.29, 1.82) is 0 Å². The van der Waals surface area contributed by atoms with Gasteiger partial charge in [0.15, 0.2) is 5.82 Å². The third kappa shape index (κ3) is 3.41. The molecule has 1 aromatic carbocycles. The van der Waals surface area contributed by atoms with Crippen molar-refractivity contribution in [2.45, 2.75) is 25.3 Å². The zero-order chi connectivity index (χ0) is 14.9. The zero-order valence-corrected chi connectivity index (χ0v) is 11.8. The number of benzene rings is 1. The van der Waals surface area contributed by atoms with Gasteiger partial charge < -0.3 is 10.4 Å². The largest absolute Gasteiger partial charge is 0.481 e. The number of hydrogen-bond acceptors (Lipinski definition) is 2. The van der Waals surface area contributed by atoms with Crippen LogP contribution in [0.25, 0.3) is 0 Å². The first kappa shape index (κ1) is 15.1. The lowest BCUT2D eigenvalue weighted by Crippen LogP contribution is -2.44. The second-order valence-electron chi connectivity index (χ2n) is 4.86. The van der Waals surface area contributed by atoms with Crippen LogP contribution in [0.2, 0.25) is 10.0 Å². The molecule has 4 nitrogen and oxygen atoms in total. The Morgan fingerprint density at radius 1 is 1.30 bits per heavy atom. The van der Waals surface area contributed by atoms with E-state index in [0.717, 1.165) is 0 Å². The summed E-state index contributed by atoms with van der Waals surface area (Å²) in [7, 11) is 0. The molecule has 0 radical (unpaired) electrons. The van der Waals surface area contributed by atoms with Gasteiger partial charge >= 0.3 is 5.97 Å². The maximum Gasteiger partial charge on any atom is 0.303 e. The van der Waals surface area contributed by atoms with E-state index in [1.807, 2.05) is 0 Å². The Balaban J connectivity index is 1.92. The Kier molecular flexibility index (Phi) is 4.50. The highest BCUT2D eigenvalue weighted by Crippen LogP contribution is 2.31. The molecule has 0 bridgehead atoms. The Morgan fingerprint density at radius 2 is 1.85 bits per heavy atom. The lowest BCUT2D eigenvalue weighted by Gasteiger charge is -2.34. The van der Waals surface area contributed by atoms with Crippen LogP contribution in [0.4, 0.5) is 4.39 Å². The highest BCUT2D eigenvalue weighted by Gasteiger charge is 2.32. The second-order valence-corrected chi connectivity index (χ2v) is 5.67. The van der Waals surface area contributed by atoms with E-state index in [9.17, 15) is 14.0 Å². The quantitative estimate of drug-likeness (QED) is 0.838. The van der Waals surface area contributed by atoms with Gasteiger partial charge in [-0.3, -0.25) is 9.59 Å². The molecule has 1 aromatic rings. The number of carbonyl (C=O) groups excluding carboxylic acids is 1. The van der Waals surface area contributed by atoms with Crippen LogP contribution in [-0.4, -0.2) is 23.0 Å². The number of carboxylic acid groups (broad SMARTS) is 1. The number of nitrogens with one attached hydrogen (secondary N) is 1. The summed E-state index contributed by atoms with van der Waals surface area (Å²) >= 11 is 11.2. The van der Waals surface area contributed by atoms with Crippen molar-refractivity contribution in [3.63, 3.8) is 0 Å². The Bertz CT molecular complexity index is 536. The molecule has 2 rings (SSSR count). The SMILES string of the molecule is O=C(O)CC1CC(NC(=O)c2cc(Cl)c(F)c(Cl)c2)C1. The molecule has 7 heteroatoms. The van der Waals surface area contributed by atoms with Gasteiger partial charge in [-0.2, -0.15) is 0 Å². The standard InChI is InChI=1S/C13H12Cl2FNO3/c14-9-4-7(5-10(15)12(9)16)13(20)17-8-1-6(2-8)3-11(18)19/h4-6,8H,1-3H2,(H,17,20)(H,18,19).